The molecule has 30 heavy (non-hydrogen) atoms. The van der Waals surface area contributed by atoms with Gasteiger partial charge in [0.15, 0.2) is 0 Å². The Labute approximate surface area is 193 Å². The van der Waals surface area contributed by atoms with Crippen LogP contribution in [0.1, 0.15) is 45.2 Å². The lowest BCUT2D eigenvalue weighted by Crippen LogP contribution is -2.52. The summed E-state index contributed by atoms with van der Waals surface area (Å²) in [6, 6.07) is 11.9. The van der Waals surface area contributed by atoms with E-state index in [1.807, 2.05) is 39.0 Å². The molecule has 0 unspecified atom stereocenters. The van der Waals surface area contributed by atoms with E-state index < -0.39 is 11.6 Å². The van der Waals surface area contributed by atoms with Crippen LogP contribution in [0.15, 0.2) is 42.5 Å². The lowest BCUT2D eigenvalue weighted by molar-refractivity contribution is -0.141. The van der Waals surface area contributed by atoms with Gasteiger partial charge in [0.2, 0.25) is 11.8 Å². The highest BCUT2D eigenvalue weighted by Crippen LogP contribution is 2.27. The van der Waals surface area contributed by atoms with Crippen molar-refractivity contribution in [3.63, 3.8) is 0 Å². The summed E-state index contributed by atoms with van der Waals surface area (Å²) in [7, 11) is 0. The number of hydrogen-bond acceptors (Lipinski definition) is 2. The van der Waals surface area contributed by atoms with Crippen molar-refractivity contribution in [2.75, 3.05) is 0 Å². The van der Waals surface area contributed by atoms with Gasteiger partial charge in [-0.25, -0.2) is 0 Å². The maximum Gasteiger partial charge on any atom is 0.242 e. The van der Waals surface area contributed by atoms with E-state index in [0.29, 0.717) is 27.1 Å². The van der Waals surface area contributed by atoms with Crippen LogP contribution in [0.2, 0.25) is 15.1 Å². The molecule has 0 spiro atoms. The van der Waals surface area contributed by atoms with Gasteiger partial charge in [-0.3, -0.25) is 9.59 Å². The molecule has 0 aromatic heterocycles. The number of aryl methyl sites for hydroxylation is 1. The Kier molecular flexibility index (Phi) is 8.60. The second-order valence-corrected chi connectivity index (χ2v) is 9.45. The molecule has 162 valence electrons. The van der Waals surface area contributed by atoms with E-state index >= 15 is 0 Å². The van der Waals surface area contributed by atoms with Gasteiger partial charge in [0.1, 0.15) is 6.04 Å². The van der Waals surface area contributed by atoms with Crippen molar-refractivity contribution in [1.29, 1.82) is 0 Å². The van der Waals surface area contributed by atoms with E-state index in [-0.39, 0.29) is 24.8 Å². The summed E-state index contributed by atoms with van der Waals surface area (Å²) in [5, 5.41) is 4.45. The number of nitrogens with one attached hydrogen (secondary N) is 1. The Morgan fingerprint density at radius 2 is 1.53 bits per heavy atom. The number of carbonyl (C=O) groups excluding carboxylic acids is 2. The first-order valence-corrected chi connectivity index (χ1v) is 10.9. The van der Waals surface area contributed by atoms with Gasteiger partial charge in [0, 0.05) is 39.1 Å². The normalized spacial score (nSPS) is 12.4. The monoisotopic (exact) mass is 468 g/mol. The number of nitrogens with zero attached hydrogens (tertiary/aromatic N) is 1. The highest BCUT2D eigenvalue weighted by Gasteiger charge is 2.29. The van der Waals surface area contributed by atoms with Gasteiger partial charge in [-0.15, -0.1) is 0 Å². The lowest BCUT2D eigenvalue weighted by Gasteiger charge is -2.32. The third-order valence-electron chi connectivity index (χ3n) is 4.62. The zero-order chi connectivity index (χ0) is 22.5. The Morgan fingerprint density at radius 1 is 0.967 bits per heavy atom. The van der Waals surface area contributed by atoms with Crippen LogP contribution in [0.25, 0.3) is 0 Å². The summed E-state index contributed by atoms with van der Waals surface area (Å²) in [6.45, 7) is 7.53. The highest BCUT2D eigenvalue weighted by molar-refractivity contribution is 6.36. The quantitative estimate of drug-likeness (QED) is 0.548. The summed E-state index contributed by atoms with van der Waals surface area (Å²) in [4.78, 5) is 27.5. The molecule has 2 amide bonds. The second-order valence-electron chi connectivity index (χ2n) is 8.23. The molecule has 0 aliphatic carbocycles. The summed E-state index contributed by atoms with van der Waals surface area (Å²) in [5.74, 6) is -0.417. The number of halogens is 3. The van der Waals surface area contributed by atoms with E-state index in [0.717, 1.165) is 5.56 Å². The largest absolute Gasteiger partial charge is 0.350 e. The van der Waals surface area contributed by atoms with Crippen LogP contribution in [-0.4, -0.2) is 28.3 Å². The molecule has 2 aromatic carbocycles. The molecule has 0 saturated carbocycles. The average Bonchev–Trinajstić information content (AvgIpc) is 2.65. The van der Waals surface area contributed by atoms with Gasteiger partial charge in [-0.1, -0.05) is 59.1 Å². The highest BCUT2D eigenvalue weighted by atomic mass is 35.5. The van der Waals surface area contributed by atoms with Crippen molar-refractivity contribution in [3.05, 3.63) is 68.7 Å². The summed E-state index contributed by atoms with van der Waals surface area (Å²) in [5.41, 5.74) is 1.08. The third kappa shape index (κ3) is 6.90. The minimum absolute atomic E-state index is 0.137. The van der Waals surface area contributed by atoms with Gasteiger partial charge in [0.25, 0.3) is 0 Å². The average molecular weight is 470 g/mol. The van der Waals surface area contributed by atoms with E-state index in [2.05, 4.69) is 5.32 Å². The Hall–Kier alpha value is -1.75. The molecule has 0 aliphatic rings. The van der Waals surface area contributed by atoms with Crippen LogP contribution in [0.4, 0.5) is 0 Å². The van der Waals surface area contributed by atoms with Crippen molar-refractivity contribution in [2.24, 2.45) is 0 Å². The SMILES string of the molecule is C[C@@H](C(=O)NC(C)(C)C)N(Cc1c(Cl)cccc1Cl)C(=O)CCc1ccccc1Cl. The van der Waals surface area contributed by atoms with Crippen molar-refractivity contribution >= 4 is 46.6 Å². The Morgan fingerprint density at radius 3 is 2.10 bits per heavy atom. The van der Waals surface area contributed by atoms with Crippen LogP contribution in [0, 0.1) is 0 Å². The minimum atomic E-state index is -0.699. The van der Waals surface area contributed by atoms with E-state index in [1.165, 1.54) is 4.90 Å². The fraction of sp³-hybridized carbons (Fsp3) is 0.391. The van der Waals surface area contributed by atoms with Crippen LogP contribution in [-0.2, 0) is 22.6 Å². The Bertz CT molecular complexity index is 889. The van der Waals surface area contributed by atoms with E-state index in [9.17, 15) is 9.59 Å². The van der Waals surface area contributed by atoms with Crippen LogP contribution >= 0.6 is 34.8 Å². The zero-order valence-corrected chi connectivity index (χ0v) is 19.9. The standard InChI is InChI=1S/C23H27Cl3N2O2/c1-15(22(30)27-23(2,3)4)28(14-17-19(25)10-7-11-20(17)26)21(29)13-12-16-8-5-6-9-18(16)24/h5-11,15H,12-14H2,1-4H3,(H,27,30)/t15-/m0/s1. The van der Waals surface area contributed by atoms with Crippen molar-refractivity contribution < 1.29 is 9.59 Å². The molecule has 4 nitrogen and oxygen atoms in total. The van der Waals surface area contributed by atoms with E-state index in [1.54, 1.807) is 31.2 Å². The number of amides is 2. The maximum absolute atomic E-state index is 13.2. The number of carbonyl (C=O) groups is 2. The zero-order valence-electron chi connectivity index (χ0n) is 17.6. The predicted octanol–water partition coefficient (Wildman–Crippen LogP) is 5.91. The maximum atomic E-state index is 13.2. The topological polar surface area (TPSA) is 49.4 Å². The van der Waals surface area contributed by atoms with Crippen molar-refractivity contribution in [3.8, 4) is 0 Å². The molecule has 0 bridgehead atoms. The summed E-state index contributed by atoms with van der Waals surface area (Å²) >= 11 is 18.9. The van der Waals surface area contributed by atoms with E-state index in [4.69, 9.17) is 34.8 Å². The predicted molar refractivity (Wildman–Crippen MR) is 124 cm³/mol. The fourth-order valence-electron chi connectivity index (χ4n) is 3.00. The molecule has 0 fully saturated rings. The Balaban J connectivity index is 2.26. The van der Waals surface area contributed by atoms with Crippen molar-refractivity contribution in [1.82, 2.24) is 10.2 Å². The molecule has 0 heterocycles. The number of rotatable bonds is 7. The van der Waals surface area contributed by atoms with Gasteiger partial charge in [0.05, 0.1) is 0 Å². The first-order chi connectivity index (χ1) is 14.0. The molecule has 0 aliphatic heterocycles. The minimum Gasteiger partial charge on any atom is -0.350 e. The summed E-state index contributed by atoms with van der Waals surface area (Å²) in [6.07, 6.45) is 0.678. The van der Waals surface area contributed by atoms with Gasteiger partial charge < -0.3 is 10.2 Å². The molecule has 1 N–H and O–H groups in total. The molecule has 2 aromatic rings. The third-order valence-corrected chi connectivity index (χ3v) is 5.70. The number of benzene rings is 2. The lowest BCUT2D eigenvalue weighted by atomic mass is 10.1. The van der Waals surface area contributed by atoms with Crippen LogP contribution in [0.5, 0.6) is 0 Å². The molecule has 0 saturated heterocycles. The molecule has 1 atom stereocenters. The van der Waals surface area contributed by atoms with Gasteiger partial charge >= 0.3 is 0 Å². The number of hydrogen-bond donors (Lipinski definition) is 1. The first kappa shape index (κ1) is 24.5. The molecule has 2 rings (SSSR count). The molecular formula is C23H27Cl3N2O2. The van der Waals surface area contributed by atoms with Crippen LogP contribution in [0.3, 0.4) is 0 Å². The molecule has 0 radical (unpaired) electrons. The molecular weight excluding hydrogens is 443 g/mol. The van der Waals surface area contributed by atoms with Crippen LogP contribution < -0.4 is 5.32 Å². The second kappa shape index (κ2) is 10.5. The summed E-state index contributed by atoms with van der Waals surface area (Å²) < 4.78 is 0. The first-order valence-electron chi connectivity index (χ1n) is 9.77. The fourth-order valence-corrected chi connectivity index (χ4v) is 3.74. The smallest absolute Gasteiger partial charge is 0.242 e. The molecule has 7 heteroatoms. The van der Waals surface area contributed by atoms with Crippen molar-refractivity contribution in [2.45, 2.75) is 58.7 Å². The van der Waals surface area contributed by atoms with Gasteiger partial charge in [-0.2, -0.15) is 0 Å². The van der Waals surface area contributed by atoms with Gasteiger partial charge in [-0.05, 0) is 57.9 Å².